The lowest BCUT2D eigenvalue weighted by Gasteiger charge is -2.11. The lowest BCUT2D eigenvalue weighted by atomic mass is 10.2. The Hall–Kier alpha value is -3.98. The summed E-state index contributed by atoms with van der Waals surface area (Å²) in [4.78, 5) is 4.69. The highest BCUT2D eigenvalue weighted by Crippen LogP contribution is 2.29. The Morgan fingerprint density at radius 1 is 1.03 bits per heavy atom. The molecule has 0 amide bonds. The van der Waals surface area contributed by atoms with Gasteiger partial charge in [0.1, 0.15) is 12.1 Å². The molecule has 0 aliphatic rings. The number of aryl methyl sites for hydroxylation is 1. The van der Waals surface area contributed by atoms with Gasteiger partial charge in [0.05, 0.1) is 18.8 Å². The van der Waals surface area contributed by atoms with Gasteiger partial charge >= 0.3 is 0 Å². The van der Waals surface area contributed by atoms with Gasteiger partial charge in [-0.2, -0.15) is 10.1 Å². The maximum atomic E-state index is 5.95. The summed E-state index contributed by atoms with van der Waals surface area (Å²) >= 11 is 3.44. The van der Waals surface area contributed by atoms with Crippen molar-refractivity contribution in [3.8, 4) is 11.5 Å². The fraction of sp³-hybridized carbons (Fsp3) is 0.185. The second-order valence-corrected chi connectivity index (χ2v) is 9.09. The molecule has 0 aliphatic heterocycles. The van der Waals surface area contributed by atoms with Crippen molar-refractivity contribution in [2.75, 3.05) is 12.5 Å². The molecule has 0 radical (unpaired) electrons. The first-order chi connectivity index (χ1) is 17.7. The molecule has 0 aliphatic carbocycles. The van der Waals surface area contributed by atoms with E-state index in [-0.39, 0.29) is 0 Å². The number of halogens is 1. The van der Waals surface area contributed by atoms with Crippen LogP contribution in [0.5, 0.6) is 11.5 Å². The van der Waals surface area contributed by atoms with Crippen LogP contribution < -0.4 is 14.9 Å². The van der Waals surface area contributed by atoms with Crippen molar-refractivity contribution in [2.45, 2.75) is 26.5 Å². The molecule has 0 saturated heterocycles. The minimum Gasteiger partial charge on any atom is -0.493 e. The van der Waals surface area contributed by atoms with Gasteiger partial charge in [-0.3, -0.25) is 0 Å². The van der Waals surface area contributed by atoms with Crippen LogP contribution in [0.4, 0.5) is 5.95 Å². The smallest absolute Gasteiger partial charge is 0.265 e. The van der Waals surface area contributed by atoms with E-state index in [0.717, 1.165) is 50.6 Å². The van der Waals surface area contributed by atoms with E-state index in [4.69, 9.17) is 9.47 Å². The quantitative estimate of drug-likeness (QED) is 0.176. The summed E-state index contributed by atoms with van der Waals surface area (Å²) in [7, 11) is 1.62. The summed E-state index contributed by atoms with van der Waals surface area (Å²) < 4.78 is 14.7. The SMILES string of the molecule is CCCn1c2ccccc2c2nnc(N/N=C/c3ccc(OCc4ccc(Br)cc4)c(OC)c3)nc21. The molecule has 0 spiro atoms. The van der Waals surface area contributed by atoms with E-state index in [0.29, 0.717) is 24.1 Å². The molecule has 36 heavy (non-hydrogen) atoms. The third-order valence-corrected chi connectivity index (χ3v) is 6.22. The number of rotatable bonds is 9. The molecule has 0 atom stereocenters. The van der Waals surface area contributed by atoms with Crippen molar-refractivity contribution in [1.29, 1.82) is 0 Å². The number of hydrogen-bond acceptors (Lipinski definition) is 7. The van der Waals surface area contributed by atoms with Crippen LogP contribution in [-0.2, 0) is 13.2 Å². The van der Waals surface area contributed by atoms with Crippen LogP contribution in [-0.4, -0.2) is 33.1 Å². The van der Waals surface area contributed by atoms with E-state index in [1.165, 1.54) is 0 Å². The number of methoxy groups -OCH3 is 1. The molecule has 0 bridgehead atoms. The number of anilines is 1. The molecule has 0 unspecified atom stereocenters. The molecule has 182 valence electrons. The normalized spacial score (nSPS) is 11.4. The Morgan fingerprint density at radius 2 is 1.86 bits per heavy atom. The molecule has 3 aromatic carbocycles. The molecule has 5 aromatic rings. The number of nitrogens with one attached hydrogen (secondary N) is 1. The van der Waals surface area contributed by atoms with Crippen LogP contribution in [0.25, 0.3) is 22.1 Å². The van der Waals surface area contributed by atoms with E-state index >= 15 is 0 Å². The van der Waals surface area contributed by atoms with Crippen molar-refractivity contribution in [2.24, 2.45) is 5.10 Å². The van der Waals surface area contributed by atoms with Gasteiger partial charge in [-0.25, -0.2) is 5.43 Å². The summed E-state index contributed by atoms with van der Waals surface area (Å²) in [6.07, 6.45) is 2.67. The first-order valence-corrected chi connectivity index (χ1v) is 12.4. The van der Waals surface area contributed by atoms with Gasteiger partial charge in [0.15, 0.2) is 17.1 Å². The summed E-state index contributed by atoms with van der Waals surface area (Å²) in [6, 6.07) is 21.8. The summed E-state index contributed by atoms with van der Waals surface area (Å²) in [6.45, 7) is 3.44. The van der Waals surface area contributed by atoms with Gasteiger partial charge in [0.2, 0.25) is 0 Å². The predicted molar refractivity (Wildman–Crippen MR) is 146 cm³/mol. The first-order valence-electron chi connectivity index (χ1n) is 11.6. The zero-order valence-corrected chi connectivity index (χ0v) is 21.6. The zero-order valence-electron chi connectivity index (χ0n) is 20.0. The molecule has 9 heteroatoms. The van der Waals surface area contributed by atoms with Crippen LogP contribution in [0.2, 0.25) is 0 Å². The van der Waals surface area contributed by atoms with Crippen molar-refractivity contribution < 1.29 is 9.47 Å². The number of nitrogens with zero attached hydrogens (tertiary/aromatic N) is 5. The Morgan fingerprint density at radius 3 is 2.67 bits per heavy atom. The topological polar surface area (TPSA) is 86.5 Å². The average molecular weight is 545 g/mol. The van der Waals surface area contributed by atoms with Crippen molar-refractivity contribution in [1.82, 2.24) is 19.7 Å². The van der Waals surface area contributed by atoms with E-state index in [9.17, 15) is 0 Å². The molecular formula is C27H25BrN6O2. The molecular weight excluding hydrogens is 520 g/mol. The van der Waals surface area contributed by atoms with E-state index in [1.54, 1.807) is 13.3 Å². The summed E-state index contributed by atoms with van der Waals surface area (Å²) in [5.74, 6) is 1.62. The maximum absolute atomic E-state index is 5.95. The molecule has 2 heterocycles. The van der Waals surface area contributed by atoms with Gasteiger partial charge in [-0.1, -0.05) is 53.2 Å². The van der Waals surface area contributed by atoms with Gasteiger partial charge in [0, 0.05) is 16.4 Å². The number of ether oxygens (including phenoxy) is 2. The van der Waals surface area contributed by atoms with Gasteiger partial charge in [-0.05, 0) is 53.9 Å². The van der Waals surface area contributed by atoms with Gasteiger partial charge in [-0.15, -0.1) is 10.2 Å². The van der Waals surface area contributed by atoms with Crippen molar-refractivity contribution in [3.63, 3.8) is 0 Å². The number of fused-ring (bicyclic) bond motifs is 3. The molecule has 2 aromatic heterocycles. The number of hydrogen-bond donors (Lipinski definition) is 1. The van der Waals surface area contributed by atoms with Crippen LogP contribution >= 0.6 is 15.9 Å². The Balaban J connectivity index is 1.31. The van der Waals surface area contributed by atoms with Crippen LogP contribution in [0, 0.1) is 0 Å². The monoisotopic (exact) mass is 544 g/mol. The summed E-state index contributed by atoms with van der Waals surface area (Å²) in [5, 5.41) is 14.0. The van der Waals surface area contributed by atoms with E-state index in [1.807, 2.05) is 60.7 Å². The largest absolute Gasteiger partial charge is 0.493 e. The second-order valence-electron chi connectivity index (χ2n) is 8.17. The predicted octanol–water partition coefficient (Wildman–Crippen LogP) is 6.19. The van der Waals surface area contributed by atoms with Crippen molar-refractivity contribution in [3.05, 3.63) is 82.3 Å². The van der Waals surface area contributed by atoms with E-state index < -0.39 is 0 Å². The Kier molecular flexibility index (Phi) is 7.08. The molecule has 5 rings (SSSR count). The molecule has 0 saturated carbocycles. The van der Waals surface area contributed by atoms with Gasteiger partial charge < -0.3 is 14.0 Å². The Labute approximate surface area is 217 Å². The lowest BCUT2D eigenvalue weighted by Crippen LogP contribution is -2.03. The van der Waals surface area contributed by atoms with Crippen LogP contribution in [0.1, 0.15) is 24.5 Å². The van der Waals surface area contributed by atoms with Crippen molar-refractivity contribution >= 4 is 50.2 Å². The fourth-order valence-corrected chi connectivity index (χ4v) is 4.26. The van der Waals surface area contributed by atoms with Crippen LogP contribution in [0.15, 0.2) is 76.3 Å². The molecule has 0 fully saturated rings. The van der Waals surface area contributed by atoms with E-state index in [2.05, 4.69) is 59.2 Å². The zero-order chi connectivity index (χ0) is 24.9. The molecule has 8 nitrogen and oxygen atoms in total. The summed E-state index contributed by atoms with van der Waals surface area (Å²) in [5.41, 5.74) is 7.49. The average Bonchev–Trinajstić information content (AvgIpc) is 3.22. The minimum atomic E-state index is 0.334. The highest BCUT2D eigenvalue weighted by Gasteiger charge is 2.14. The highest BCUT2D eigenvalue weighted by molar-refractivity contribution is 9.10. The number of hydrazone groups is 1. The highest BCUT2D eigenvalue weighted by atomic mass is 79.9. The third-order valence-electron chi connectivity index (χ3n) is 5.69. The number of para-hydroxylation sites is 1. The third kappa shape index (κ3) is 5.01. The number of aromatic nitrogens is 4. The first kappa shape index (κ1) is 23.7. The van der Waals surface area contributed by atoms with Gasteiger partial charge in [0.25, 0.3) is 5.95 Å². The lowest BCUT2D eigenvalue weighted by molar-refractivity contribution is 0.284. The standard InChI is InChI=1S/C27H25BrN6O2/c1-3-14-34-22-7-5-4-6-21(22)25-26(34)30-27(33-31-25)32-29-16-19-10-13-23(24(15-19)35-2)36-17-18-8-11-20(28)12-9-18/h4-13,15-16H,3,14,17H2,1-2H3,(H,30,32,33)/b29-16+. The number of benzene rings is 3. The van der Waals surface area contributed by atoms with Crippen LogP contribution in [0.3, 0.4) is 0 Å². The Bertz CT molecular complexity index is 1530. The minimum absolute atomic E-state index is 0.334. The molecule has 1 N–H and O–H groups in total. The maximum Gasteiger partial charge on any atom is 0.265 e. The second kappa shape index (κ2) is 10.7. The fourth-order valence-electron chi connectivity index (χ4n) is 3.99.